The number of ether oxygens (including phenoxy) is 2. The summed E-state index contributed by atoms with van der Waals surface area (Å²) in [5, 5.41) is 14.1. The molecule has 1 amide bonds. The van der Waals surface area contributed by atoms with E-state index in [2.05, 4.69) is 30.2 Å². The first-order valence-electron chi connectivity index (χ1n) is 10.7. The third kappa shape index (κ3) is 4.42. The van der Waals surface area contributed by atoms with Crippen molar-refractivity contribution in [3.8, 4) is 11.5 Å². The van der Waals surface area contributed by atoms with Gasteiger partial charge in [0, 0.05) is 29.7 Å². The number of carbonyl (C=O) groups is 1. The first-order valence-corrected chi connectivity index (χ1v) is 11.5. The number of rotatable bonds is 6. The number of para-hydroxylation sites is 1. The van der Waals surface area contributed by atoms with Crippen LogP contribution in [0.4, 0.5) is 10.8 Å². The number of aromatic nitrogens is 1. The second-order valence-electron chi connectivity index (χ2n) is 8.65. The van der Waals surface area contributed by atoms with Crippen LogP contribution in [-0.4, -0.2) is 21.4 Å². The Hall–Kier alpha value is -3.98. The van der Waals surface area contributed by atoms with Crippen LogP contribution in [0.1, 0.15) is 35.3 Å². The number of carbonyl (C=O) groups excluding carboxylic acids is 1. The van der Waals surface area contributed by atoms with Crippen molar-refractivity contribution in [1.29, 1.82) is 0 Å². The largest absolute Gasteiger partial charge is 0.485 e. The zero-order valence-corrected chi connectivity index (χ0v) is 19.3. The monoisotopic (exact) mass is 475 g/mol. The SMILES string of the molecule is CC1(C)Cc2cccc(OCc3ccc(C(=O)Nc4nc5ccc([N+](=O)[O-])cc5s4)cc3)c2O1. The zero-order valence-electron chi connectivity index (χ0n) is 18.5. The average molecular weight is 476 g/mol. The van der Waals surface area contributed by atoms with Crippen LogP contribution in [0.25, 0.3) is 10.2 Å². The first-order chi connectivity index (χ1) is 16.3. The van der Waals surface area contributed by atoms with Gasteiger partial charge in [0.05, 0.1) is 15.1 Å². The number of anilines is 1. The second kappa shape index (κ2) is 8.42. The molecule has 0 saturated heterocycles. The maximum absolute atomic E-state index is 12.6. The van der Waals surface area contributed by atoms with Gasteiger partial charge in [0.1, 0.15) is 12.2 Å². The van der Waals surface area contributed by atoms with Gasteiger partial charge in [-0.1, -0.05) is 35.6 Å². The molecule has 1 N–H and O–H groups in total. The molecule has 8 nitrogen and oxygen atoms in total. The maximum Gasteiger partial charge on any atom is 0.270 e. The number of nitro groups is 1. The first kappa shape index (κ1) is 21.8. The van der Waals surface area contributed by atoms with E-state index in [1.165, 1.54) is 23.5 Å². The van der Waals surface area contributed by atoms with E-state index in [1.807, 2.05) is 24.3 Å². The molecule has 1 aliphatic rings. The average Bonchev–Trinajstić information content (AvgIpc) is 3.35. The van der Waals surface area contributed by atoms with Crippen molar-refractivity contribution in [3.05, 3.63) is 87.5 Å². The number of fused-ring (bicyclic) bond motifs is 2. The summed E-state index contributed by atoms with van der Waals surface area (Å²) in [6.07, 6.45) is 0.842. The van der Waals surface area contributed by atoms with E-state index in [0.717, 1.165) is 23.3 Å². The highest BCUT2D eigenvalue weighted by Crippen LogP contribution is 2.42. The van der Waals surface area contributed by atoms with E-state index in [1.54, 1.807) is 18.2 Å². The number of benzene rings is 3. The summed E-state index contributed by atoms with van der Waals surface area (Å²) in [5.74, 6) is 1.20. The minimum absolute atomic E-state index is 0.0115. The third-order valence-corrected chi connectivity index (χ3v) is 6.40. The topological polar surface area (TPSA) is 104 Å². The molecule has 9 heteroatoms. The van der Waals surface area contributed by atoms with Crippen LogP contribution in [0.3, 0.4) is 0 Å². The standard InChI is InChI=1S/C25H21N3O5S/c1-25(2)13-17-4-3-5-20(22(17)33-25)32-14-15-6-8-16(9-7-15)23(29)27-24-26-19-11-10-18(28(30)31)12-21(19)34-24/h3-12H,13-14H2,1-2H3,(H,26,27,29). The maximum atomic E-state index is 12.6. The quantitative estimate of drug-likeness (QED) is 0.281. The fourth-order valence-electron chi connectivity index (χ4n) is 3.86. The van der Waals surface area contributed by atoms with Crippen LogP contribution in [0.15, 0.2) is 60.7 Å². The normalized spacial score (nSPS) is 13.8. The van der Waals surface area contributed by atoms with E-state index in [0.29, 0.717) is 33.3 Å². The molecular weight excluding hydrogens is 454 g/mol. The molecule has 0 bridgehead atoms. The molecular formula is C25H21N3O5S. The fourth-order valence-corrected chi connectivity index (χ4v) is 4.76. The minimum atomic E-state index is -0.457. The van der Waals surface area contributed by atoms with Crippen LogP contribution in [0.5, 0.6) is 11.5 Å². The Labute approximate surface area is 199 Å². The molecule has 0 aliphatic carbocycles. The molecule has 0 fully saturated rings. The van der Waals surface area contributed by atoms with Gasteiger partial charge in [0.2, 0.25) is 0 Å². The van der Waals surface area contributed by atoms with Crippen molar-refractivity contribution >= 4 is 38.3 Å². The predicted octanol–water partition coefficient (Wildman–Crippen LogP) is 5.75. The molecule has 0 spiro atoms. The number of amides is 1. The number of nitro benzene ring substituents is 1. The van der Waals surface area contributed by atoms with Crippen molar-refractivity contribution in [1.82, 2.24) is 4.98 Å². The molecule has 3 aromatic carbocycles. The number of nitrogens with zero attached hydrogens (tertiary/aromatic N) is 2. The van der Waals surface area contributed by atoms with E-state index >= 15 is 0 Å². The molecule has 0 radical (unpaired) electrons. The van der Waals surface area contributed by atoms with Crippen LogP contribution >= 0.6 is 11.3 Å². The number of non-ortho nitro benzene ring substituents is 1. The zero-order chi connectivity index (χ0) is 23.9. The molecule has 5 rings (SSSR count). The summed E-state index contributed by atoms with van der Waals surface area (Å²) in [4.78, 5) is 27.5. The summed E-state index contributed by atoms with van der Waals surface area (Å²) >= 11 is 1.19. The Balaban J connectivity index is 1.23. The molecule has 1 aromatic heterocycles. The second-order valence-corrected chi connectivity index (χ2v) is 9.68. The minimum Gasteiger partial charge on any atom is -0.485 e. The van der Waals surface area contributed by atoms with Crippen molar-refractivity contribution in [3.63, 3.8) is 0 Å². The van der Waals surface area contributed by atoms with Gasteiger partial charge in [-0.2, -0.15) is 0 Å². The molecule has 1 aliphatic heterocycles. The predicted molar refractivity (Wildman–Crippen MR) is 130 cm³/mol. The number of hydrogen-bond acceptors (Lipinski definition) is 7. The Morgan fingerprint density at radius 1 is 1.21 bits per heavy atom. The third-order valence-electron chi connectivity index (χ3n) is 5.47. The van der Waals surface area contributed by atoms with Crippen LogP contribution in [-0.2, 0) is 13.0 Å². The van der Waals surface area contributed by atoms with Crippen molar-refractivity contribution in [2.24, 2.45) is 0 Å². The van der Waals surface area contributed by atoms with E-state index in [9.17, 15) is 14.9 Å². The Bertz CT molecular complexity index is 1410. The summed E-state index contributed by atoms with van der Waals surface area (Å²) in [6, 6.07) is 17.5. The summed E-state index contributed by atoms with van der Waals surface area (Å²) < 4.78 is 12.7. The Morgan fingerprint density at radius 3 is 2.76 bits per heavy atom. The lowest BCUT2D eigenvalue weighted by Crippen LogP contribution is -2.24. The van der Waals surface area contributed by atoms with Gasteiger partial charge in [0.15, 0.2) is 16.6 Å². The number of hydrogen-bond donors (Lipinski definition) is 1. The lowest BCUT2D eigenvalue weighted by Gasteiger charge is -2.18. The molecule has 0 saturated carbocycles. The molecule has 4 aromatic rings. The van der Waals surface area contributed by atoms with Crippen LogP contribution in [0, 0.1) is 10.1 Å². The highest BCUT2D eigenvalue weighted by molar-refractivity contribution is 7.22. The van der Waals surface area contributed by atoms with Gasteiger partial charge in [-0.25, -0.2) is 4.98 Å². The van der Waals surface area contributed by atoms with Gasteiger partial charge in [-0.3, -0.25) is 20.2 Å². The van der Waals surface area contributed by atoms with Crippen LogP contribution in [0.2, 0.25) is 0 Å². The smallest absolute Gasteiger partial charge is 0.270 e. The Morgan fingerprint density at radius 2 is 2.00 bits per heavy atom. The molecule has 34 heavy (non-hydrogen) atoms. The lowest BCUT2D eigenvalue weighted by atomic mass is 10.0. The van der Waals surface area contributed by atoms with Gasteiger partial charge in [-0.15, -0.1) is 0 Å². The van der Waals surface area contributed by atoms with E-state index in [4.69, 9.17) is 9.47 Å². The molecule has 0 atom stereocenters. The summed E-state index contributed by atoms with van der Waals surface area (Å²) in [5.41, 5.74) is 2.87. The van der Waals surface area contributed by atoms with Crippen LogP contribution < -0.4 is 14.8 Å². The van der Waals surface area contributed by atoms with Gasteiger partial charge in [0.25, 0.3) is 11.6 Å². The molecule has 2 heterocycles. The highest BCUT2D eigenvalue weighted by atomic mass is 32.1. The lowest BCUT2D eigenvalue weighted by molar-refractivity contribution is -0.384. The summed E-state index contributed by atoms with van der Waals surface area (Å²) in [7, 11) is 0. The van der Waals surface area contributed by atoms with E-state index < -0.39 is 4.92 Å². The molecule has 172 valence electrons. The molecule has 0 unspecified atom stereocenters. The van der Waals surface area contributed by atoms with Gasteiger partial charge in [-0.05, 0) is 43.7 Å². The van der Waals surface area contributed by atoms with E-state index in [-0.39, 0.29) is 17.2 Å². The van der Waals surface area contributed by atoms with Gasteiger partial charge < -0.3 is 9.47 Å². The fraction of sp³-hybridized carbons (Fsp3) is 0.200. The Kier molecular flexibility index (Phi) is 5.41. The summed E-state index contributed by atoms with van der Waals surface area (Å²) in [6.45, 7) is 4.45. The van der Waals surface area contributed by atoms with Crippen molar-refractivity contribution < 1.29 is 19.2 Å². The highest BCUT2D eigenvalue weighted by Gasteiger charge is 2.32. The van der Waals surface area contributed by atoms with Crippen molar-refractivity contribution in [2.45, 2.75) is 32.5 Å². The number of thiazole rings is 1. The van der Waals surface area contributed by atoms with Crippen molar-refractivity contribution in [2.75, 3.05) is 5.32 Å². The van der Waals surface area contributed by atoms with Gasteiger partial charge >= 0.3 is 0 Å². The number of nitrogens with one attached hydrogen (secondary N) is 1.